The molecule has 2 heterocycles. The molecule has 2 rings (SSSR count). The molecule has 0 aromatic heterocycles. The summed E-state index contributed by atoms with van der Waals surface area (Å²) in [5.74, 6) is 0.0405. The number of nitrogens with zero attached hydrogens (tertiary/aromatic N) is 2. The third-order valence-electron chi connectivity index (χ3n) is 4.29. The molecule has 0 spiro atoms. The molecule has 1 unspecified atom stereocenters. The fourth-order valence-corrected chi connectivity index (χ4v) is 3.07. The fourth-order valence-electron chi connectivity index (χ4n) is 3.07. The SMILES string of the molecule is CCNCCNC(=O)C1CCCN(C(=O)N2CCCC2)C1. The van der Waals surface area contributed by atoms with Crippen LogP contribution in [0.15, 0.2) is 0 Å². The van der Waals surface area contributed by atoms with E-state index >= 15 is 0 Å². The summed E-state index contributed by atoms with van der Waals surface area (Å²) in [7, 11) is 0. The average Bonchev–Trinajstić information content (AvgIpc) is 3.05. The summed E-state index contributed by atoms with van der Waals surface area (Å²) < 4.78 is 0. The van der Waals surface area contributed by atoms with E-state index in [9.17, 15) is 9.59 Å². The van der Waals surface area contributed by atoms with E-state index in [1.54, 1.807) is 0 Å². The van der Waals surface area contributed by atoms with Gasteiger partial charge >= 0.3 is 6.03 Å². The van der Waals surface area contributed by atoms with E-state index in [2.05, 4.69) is 10.6 Å². The molecule has 0 aromatic rings. The molecule has 0 saturated carbocycles. The van der Waals surface area contributed by atoms with Crippen molar-refractivity contribution in [3.63, 3.8) is 0 Å². The topological polar surface area (TPSA) is 64.7 Å². The van der Waals surface area contributed by atoms with E-state index in [1.807, 2.05) is 16.7 Å². The molecule has 1 atom stereocenters. The maximum absolute atomic E-state index is 12.4. The molecule has 2 N–H and O–H groups in total. The van der Waals surface area contributed by atoms with Gasteiger partial charge in [-0.25, -0.2) is 4.79 Å². The lowest BCUT2D eigenvalue weighted by Gasteiger charge is -2.34. The Labute approximate surface area is 127 Å². The zero-order valence-electron chi connectivity index (χ0n) is 13.1. The van der Waals surface area contributed by atoms with Crippen LogP contribution in [0.4, 0.5) is 4.79 Å². The monoisotopic (exact) mass is 296 g/mol. The first kappa shape index (κ1) is 16.1. The highest BCUT2D eigenvalue weighted by Crippen LogP contribution is 2.19. The first-order chi connectivity index (χ1) is 10.2. The zero-order chi connectivity index (χ0) is 15.1. The van der Waals surface area contributed by atoms with Crippen LogP contribution in [0.3, 0.4) is 0 Å². The van der Waals surface area contributed by atoms with Gasteiger partial charge in [0.1, 0.15) is 0 Å². The molecule has 0 aromatic carbocycles. The van der Waals surface area contributed by atoms with Crippen molar-refractivity contribution in [1.82, 2.24) is 20.4 Å². The second-order valence-corrected chi connectivity index (χ2v) is 5.91. The van der Waals surface area contributed by atoms with Gasteiger partial charge in [0, 0.05) is 39.3 Å². The quantitative estimate of drug-likeness (QED) is 0.732. The van der Waals surface area contributed by atoms with Gasteiger partial charge in [0.2, 0.25) is 5.91 Å². The Bertz CT molecular complexity index is 356. The maximum atomic E-state index is 12.4. The number of carbonyl (C=O) groups excluding carboxylic acids is 2. The van der Waals surface area contributed by atoms with E-state index in [0.717, 1.165) is 58.4 Å². The van der Waals surface area contributed by atoms with E-state index in [-0.39, 0.29) is 17.9 Å². The van der Waals surface area contributed by atoms with Crippen LogP contribution >= 0.6 is 0 Å². The summed E-state index contributed by atoms with van der Waals surface area (Å²) in [6.45, 7) is 7.51. The van der Waals surface area contributed by atoms with E-state index in [0.29, 0.717) is 13.1 Å². The normalized spacial score (nSPS) is 22.4. The Balaban J connectivity index is 1.76. The van der Waals surface area contributed by atoms with Crippen molar-refractivity contribution in [1.29, 1.82) is 0 Å². The number of urea groups is 1. The lowest BCUT2D eigenvalue weighted by molar-refractivity contribution is -0.126. The molecule has 2 aliphatic heterocycles. The third-order valence-corrected chi connectivity index (χ3v) is 4.29. The molecule has 2 aliphatic rings. The van der Waals surface area contributed by atoms with Crippen molar-refractivity contribution in [2.75, 3.05) is 45.8 Å². The number of hydrogen-bond acceptors (Lipinski definition) is 3. The predicted molar refractivity (Wildman–Crippen MR) is 82.1 cm³/mol. The van der Waals surface area contributed by atoms with Gasteiger partial charge in [-0.2, -0.15) is 0 Å². The van der Waals surface area contributed by atoms with E-state index in [4.69, 9.17) is 0 Å². The number of nitrogens with one attached hydrogen (secondary N) is 2. The van der Waals surface area contributed by atoms with Crippen molar-refractivity contribution in [2.24, 2.45) is 5.92 Å². The molecule has 6 heteroatoms. The zero-order valence-corrected chi connectivity index (χ0v) is 13.1. The third kappa shape index (κ3) is 4.59. The van der Waals surface area contributed by atoms with Gasteiger partial charge in [0.15, 0.2) is 0 Å². The van der Waals surface area contributed by atoms with Crippen molar-refractivity contribution in [3.05, 3.63) is 0 Å². The van der Waals surface area contributed by atoms with Crippen LogP contribution in [0.5, 0.6) is 0 Å². The van der Waals surface area contributed by atoms with Crippen molar-refractivity contribution in [3.8, 4) is 0 Å². The minimum atomic E-state index is -0.0491. The molecular weight excluding hydrogens is 268 g/mol. The summed E-state index contributed by atoms with van der Waals surface area (Å²) in [6.07, 6.45) is 4.02. The molecule has 2 saturated heterocycles. The number of likely N-dealkylation sites (N-methyl/N-ethyl adjacent to an activating group) is 1. The minimum Gasteiger partial charge on any atom is -0.355 e. The standard InChI is InChI=1S/C15H28N4O2/c1-2-16-7-8-17-14(20)13-6-5-11-19(12-13)15(21)18-9-3-4-10-18/h13,16H,2-12H2,1H3,(H,17,20). The smallest absolute Gasteiger partial charge is 0.320 e. The van der Waals surface area contributed by atoms with Crippen LogP contribution in [-0.4, -0.2) is 67.6 Å². The van der Waals surface area contributed by atoms with Crippen molar-refractivity contribution >= 4 is 11.9 Å². The van der Waals surface area contributed by atoms with E-state index < -0.39 is 0 Å². The van der Waals surface area contributed by atoms with Crippen LogP contribution in [0, 0.1) is 5.92 Å². The lowest BCUT2D eigenvalue weighted by Crippen LogP contribution is -2.50. The maximum Gasteiger partial charge on any atom is 0.320 e. The highest BCUT2D eigenvalue weighted by molar-refractivity contribution is 5.81. The number of carbonyl (C=O) groups is 2. The number of hydrogen-bond donors (Lipinski definition) is 2. The molecule has 21 heavy (non-hydrogen) atoms. The second-order valence-electron chi connectivity index (χ2n) is 5.91. The van der Waals surface area contributed by atoms with Crippen LogP contribution < -0.4 is 10.6 Å². The summed E-state index contributed by atoms with van der Waals surface area (Å²) in [5.41, 5.74) is 0. The summed E-state index contributed by atoms with van der Waals surface area (Å²) >= 11 is 0. The summed E-state index contributed by atoms with van der Waals surface area (Å²) in [4.78, 5) is 28.3. The number of likely N-dealkylation sites (tertiary alicyclic amines) is 2. The van der Waals surface area contributed by atoms with Crippen molar-refractivity contribution < 1.29 is 9.59 Å². The first-order valence-electron chi connectivity index (χ1n) is 8.24. The Morgan fingerprint density at radius 1 is 1.05 bits per heavy atom. The van der Waals surface area contributed by atoms with Gasteiger partial charge in [-0.15, -0.1) is 0 Å². The number of amides is 3. The highest BCUT2D eigenvalue weighted by atomic mass is 16.2. The van der Waals surface area contributed by atoms with Gasteiger partial charge in [0.25, 0.3) is 0 Å². The Morgan fingerprint density at radius 2 is 1.76 bits per heavy atom. The Morgan fingerprint density at radius 3 is 2.48 bits per heavy atom. The molecular formula is C15H28N4O2. The van der Waals surface area contributed by atoms with Crippen LogP contribution in [0.25, 0.3) is 0 Å². The number of rotatable bonds is 5. The molecule has 0 bridgehead atoms. The number of piperidine rings is 1. The minimum absolute atomic E-state index is 0.0491. The summed E-state index contributed by atoms with van der Waals surface area (Å²) in [5, 5.41) is 6.15. The van der Waals surface area contributed by atoms with Gasteiger partial charge in [0.05, 0.1) is 5.92 Å². The summed E-state index contributed by atoms with van der Waals surface area (Å²) in [6, 6.07) is 0.123. The molecule has 6 nitrogen and oxygen atoms in total. The van der Waals surface area contributed by atoms with Crippen LogP contribution in [0.1, 0.15) is 32.6 Å². The van der Waals surface area contributed by atoms with E-state index in [1.165, 1.54) is 0 Å². The largest absolute Gasteiger partial charge is 0.355 e. The van der Waals surface area contributed by atoms with Crippen LogP contribution in [-0.2, 0) is 4.79 Å². The van der Waals surface area contributed by atoms with Gasteiger partial charge < -0.3 is 20.4 Å². The molecule has 3 amide bonds. The molecule has 2 fully saturated rings. The Kier molecular flexibility index (Phi) is 6.29. The van der Waals surface area contributed by atoms with Crippen LogP contribution in [0.2, 0.25) is 0 Å². The van der Waals surface area contributed by atoms with Gasteiger partial charge in [-0.1, -0.05) is 6.92 Å². The predicted octanol–water partition coefficient (Wildman–Crippen LogP) is 0.640. The van der Waals surface area contributed by atoms with Crippen molar-refractivity contribution in [2.45, 2.75) is 32.6 Å². The highest BCUT2D eigenvalue weighted by Gasteiger charge is 2.31. The van der Waals surface area contributed by atoms with Gasteiger partial charge in [-0.05, 0) is 32.2 Å². The second kappa shape index (κ2) is 8.22. The lowest BCUT2D eigenvalue weighted by atomic mass is 9.97. The first-order valence-corrected chi connectivity index (χ1v) is 8.24. The molecule has 0 radical (unpaired) electrons. The average molecular weight is 296 g/mol. The molecule has 120 valence electrons. The fraction of sp³-hybridized carbons (Fsp3) is 0.867. The van der Waals surface area contributed by atoms with Gasteiger partial charge in [-0.3, -0.25) is 4.79 Å². The Hall–Kier alpha value is -1.30. The molecule has 0 aliphatic carbocycles.